The average molecular weight is 737 g/mol. The van der Waals surface area contributed by atoms with E-state index in [0.29, 0.717) is 24.3 Å². The summed E-state index contributed by atoms with van der Waals surface area (Å²) in [6.07, 6.45) is 10.9. The molecule has 0 saturated heterocycles. The molecule has 2 aliphatic carbocycles. The molecule has 264 valence electrons. The maximum atomic E-state index is 7.10. The third-order valence-corrected chi connectivity index (χ3v) is 16.1. The zero-order valence-corrected chi connectivity index (χ0v) is 32.4. The topological polar surface area (TPSA) is 40.6 Å². The summed E-state index contributed by atoms with van der Waals surface area (Å²) in [6.45, 7) is 8.00. The lowest BCUT2D eigenvalue weighted by Gasteiger charge is -2.43. The van der Waals surface area contributed by atoms with E-state index >= 15 is 0 Å². The molecule has 4 nitrogen and oxygen atoms in total. The van der Waals surface area contributed by atoms with Gasteiger partial charge in [0, 0.05) is 40.2 Å². The van der Waals surface area contributed by atoms with Crippen LogP contribution in [0.4, 0.5) is 0 Å². The van der Waals surface area contributed by atoms with Crippen LogP contribution in [0.3, 0.4) is 0 Å². The summed E-state index contributed by atoms with van der Waals surface area (Å²) >= 11 is 13.8. The maximum Gasteiger partial charge on any atom is 0.261 e. The van der Waals surface area contributed by atoms with Crippen LogP contribution < -0.4 is 15.1 Å². The summed E-state index contributed by atoms with van der Waals surface area (Å²) in [4.78, 5) is 4.50. The summed E-state index contributed by atoms with van der Waals surface area (Å²) in [5.74, 6) is 0.920. The van der Waals surface area contributed by atoms with Crippen molar-refractivity contribution < 1.29 is 13.9 Å². The number of pyridine rings is 1. The van der Waals surface area contributed by atoms with Crippen LogP contribution >= 0.6 is 23.2 Å². The second kappa shape index (κ2) is 15.3. The van der Waals surface area contributed by atoms with Crippen LogP contribution in [-0.2, 0) is 27.8 Å². The van der Waals surface area contributed by atoms with Crippen molar-refractivity contribution in [2.75, 3.05) is 6.61 Å². The first kappa shape index (κ1) is 35.9. The van der Waals surface area contributed by atoms with Gasteiger partial charge in [0.15, 0.2) is 0 Å². The van der Waals surface area contributed by atoms with E-state index in [2.05, 4.69) is 111 Å². The number of aromatic nitrogens is 1. The van der Waals surface area contributed by atoms with Gasteiger partial charge in [-0.15, -0.1) is 0 Å². The molecule has 0 aliphatic heterocycles. The van der Waals surface area contributed by atoms with Crippen molar-refractivity contribution in [3.05, 3.63) is 142 Å². The Bertz CT molecular complexity index is 1900. The zero-order chi connectivity index (χ0) is 35.5. The van der Waals surface area contributed by atoms with Gasteiger partial charge in [0.2, 0.25) is 0 Å². The number of rotatable bonds is 15. The number of ether oxygens (including phenoxy) is 2. The number of nitrogens with zero attached hydrogens (tertiary/aromatic N) is 1. The van der Waals surface area contributed by atoms with Crippen LogP contribution in [-0.4, -0.2) is 26.0 Å². The highest BCUT2D eigenvalue weighted by Gasteiger charge is 2.50. The summed E-state index contributed by atoms with van der Waals surface area (Å²) in [5.41, 5.74) is 4.83. The van der Waals surface area contributed by atoms with E-state index in [9.17, 15) is 0 Å². The number of hydrogen-bond acceptors (Lipinski definition) is 4. The van der Waals surface area contributed by atoms with E-state index in [1.807, 2.05) is 30.6 Å². The van der Waals surface area contributed by atoms with Gasteiger partial charge in [-0.1, -0.05) is 123 Å². The van der Waals surface area contributed by atoms with Crippen LogP contribution in [0.1, 0.15) is 76.0 Å². The van der Waals surface area contributed by atoms with Crippen LogP contribution in [0.5, 0.6) is 5.75 Å². The Labute approximate surface area is 314 Å². The van der Waals surface area contributed by atoms with Crippen LogP contribution in [0.2, 0.25) is 15.1 Å². The average Bonchev–Trinajstić information content (AvgIpc) is 4.09. The highest BCUT2D eigenvalue weighted by molar-refractivity contribution is 6.99. The van der Waals surface area contributed by atoms with Crippen molar-refractivity contribution in [1.82, 2.24) is 4.98 Å². The molecule has 1 heterocycles. The van der Waals surface area contributed by atoms with Crippen molar-refractivity contribution >= 4 is 41.9 Å². The largest absolute Gasteiger partial charge is 0.490 e. The molecule has 2 aliphatic rings. The van der Waals surface area contributed by atoms with E-state index in [1.54, 1.807) is 0 Å². The molecular weight excluding hydrogens is 689 g/mol. The van der Waals surface area contributed by atoms with Gasteiger partial charge in [0.05, 0.1) is 18.3 Å². The Morgan fingerprint density at radius 1 is 0.765 bits per heavy atom. The molecule has 7 rings (SSSR count). The van der Waals surface area contributed by atoms with Crippen LogP contribution in [0, 0.1) is 0 Å². The molecule has 2 saturated carbocycles. The van der Waals surface area contributed by atoms with Gasteiger partial charge in [-0.25, -0.2) is 0 Å². The molecule has 0 bridgehead atoms. The smallest absolute Gasteiger partial charge is 0.261 e. The standard InChI is InChI=1S/C44H47Cl2NO3Si/c1-43(2,3)51(35-15-6-4-7-16-35,36-17-8-5-9-18-36)49-27-13-12-14-32-28-41(46)33(29-40(32)45)31-48-44(24-25-44)39-30-47-26-23-37(39)38-19-10-11-20-42(38)50-34-21-22-34/h4-11,15-20,23,26,28-30,34H,12-14,21-22,24-25,27,31H2,1-3H3. The SMILES string of the molecule is CC(C)(C)[Si](OCCCCc1cc(Cl)c(COC2(c3cnccc3-c3ccccc3OC3CC3)CC2)cc1Cl)(c1ccccc1)c1ccccc1. The Morgan fingerprint density at radius 2 is 1.39 bits per heavy atom. The number of para-hydroxylation sites is 1. The molecule has 0 amide bonds. The van der Waals surface area contributed by atoms with E-state index in [0.717, 1.165) is 83.5 Å². The van der Waals surface area contributed by atoms with Gasteiger partial charge in [-0.05, 0) is 101 Å². The van der Waals surface area contributed by atoms with E-state index in [-0.39, 0.29) is 5.04 Å². The summed E-state index contributed by atoms with van der Waals surface area (Å²) in [5, 5.41) is 3.97. The molecule has 5 aromatic rings. The number of benzene rings is 4. The zero-order valence-electron chi connectivity index (χ0n) is 29.8. The molecule has 1 aromatic heterocycles. The number of aryl methyl sites for hydroxylation is 1. The fourth-order valence-electron chi connectivity index (χ4n) is 7.31. The third kappa shape index (κ3) is 7.84. The van der Waals surface area contributed by atoms with E-state index in [4.69, 9.17) is 37.1 Å². The molecule has 0 atom stereocenters. The lowest BCUT2D eigenvalue weighted by atomic mass is 9.96. The Kier molecular flexibility index (Phi) is 10.8. The van der Waals surface area contributed by atoms with Gasteiger partial charge >= 0.3 is 0 Å². The summed E-state index contributed by atoms with van der Waals surface area (Å²) < 4.78 is 20.1. The van der Waals surface area contributed by atoms with Gasteiger partial charge < -0.3 is 13.9 Å². The molecule has 0 N–H and O–H groups in total. The molecule has 7 heteroatoms. The first-order valence-corrected chi connectivity index (χ1v) is 20.9. The minimum Gasteiger partial charge on any atom is -0.490 e. The second-order valence-electron chi connectivity index (χ2n) is 15.0. The fraction of sp³-hybridized carbons (Fsp3) is 0.341. The van der Waals surface area contributed by atoms with Gasteiger partial charge in [0.25, 0.3) is 8.32 Å². The Morgan fingerprint density at radius 3 is 2.04 bits per heavy atom. The van der Waals surface area contributed by atoms with E-state index in [1.165, 1.54) is 10.4 Å². The number of hydrogen-bond donors (Lipinski definition) is 0. The van der Waals surface area contributed by atoms with E-state index < -0.39 is 13.9 Å². The van der Waals surface area contributed by atoms with Crippen LogP contribution in [0.15, 0.2) is 116 Å². The first-order valence-electron chi connectivity index (χ1n) is 18.3. The number of unbranched alkanes of at least 4 members (excludes halogenated alkanes) is 1. The quantitative estimate of drug-likeness (QED) is 0.0793. The van der Waals surface area contributed by atoms with Crippen molar-refractivity contribution in [1.29, 1.82) is 0 Å². The molecule has 51 heavy (non-hydrogen) atoms. The molecule has 0 radical (unpaired) electrons. The second-order valence-corrected chi connectivity index (χ2v) is 20.1. The lowest BCUT2D eigenvalue weighted by molar-refractivity contribution is 0.0174. The fourth-order valence-corrected chi connectivity index (χ4v) is 12.4. The lowest BCUT2D eigenvalue weighted by Crippen LogP contribution is -2.66. The van der Waals surface area contributed by atoms with Gasteiger partial charge in [-0.2, -0.15) is 0 Å². The molecule has 0 unspecified atom stereocenters. The Hall–Kier alpha value is -3.45. The van der Waals surface area contributed by atoms with Crippen molar-refractivity contribution in [2.45, 2.75) is 89.1 Å². The predicted octanol–water partition coefficient (Wildman–Crippen LogP) is 10.7. The first-order chi connectivity index (χ1) is 24.7. The molecule has 4 aromatic carbocycles. The molecule has 2 fully saturated rings. The van der Waals surface area contributed by atoms with Crippen molar-refractivity contribution in [3.8, 4) is 16.9 Å². The summed E-state index contributed by atoms with van der Waals surface area (Å²) in [6, 6.07) is 36.0. The predicted molar refractivity (Wildman–Crippen MR) is 212 cm³/mol. The van der Waals surface area contributed by atoms with Crippen molar-refractivity contribution in [3.63, 3.8) is 0 Å². The number of halogens is 2. The highest BCUT2D eigenvalue weighted by Crippen LogP contribution is 2.53. The minimum atomic E-state index is -2.55. The normalized spacial score (nSPS) is 15.5. The Balaban J connectivity index is 0.999. The molecular formula is C44H47Cl2NO3Si. The van der Waals surface area contributed by atoms with Gasteiger partial charge in [-0.3, -0.25) is 4.98 Å². The summed E-state index contributed by atoms with van der Waals surface area (Å²) in [7, 11) is -2.55. The minimum absolute atomic E-state index is 0.0446. The van der Waals surface area contributed by atoms with Crippen molar-refractivity contribution in [2.24, 2.45) is 0 Å². The monoisotopic (exact) mass is 735 g/mol. The maximum absolute atomic E-state index is 7.10. The molecule has 0 spiro atoms. The third-order valence-electron chi connectivity index (χ3n) is 10.3. The van der Waals surface area contributed by atoms with Gasteiger partial charge in [0.1, 0.15) is 5.75 Å². The van der Waals surface area contributed by atoms with Crippen LogP contribution in [0.25, 0.3) is 11.1 Å². The highest BCUT2D eigenvalue weighted by atomic mass is 35.5.